The summed E-state index contributed by atoms with van der Waals surface area (Å²) in [5.74, 6) is 0.470. The highest BCUT2D eigenvalue weighted by atomic mass is 32.1. The first-order valence-electron chi connectivity index (χ1n) is 10.7. The number of Topliss-reactive ketones (excluding diaryl/α,β-unsaturated/α-hetero) is 1. The third-order valence-electron chi connectivity index (χ3n) is 5.47. The van der Waals surface area contributed by atoms with Crippen molar-refractivity contribution in [3.05, 3.63) is 64.8 Å². The minimum atomic E-state index is -0.102. The zero-order chi connectivity index (χ0) is 21.6. The lowest BCUT2D eigenvalue weighted by Crippen LogP contribution is -2.36. The predicted molar refractivity (Wildman–Crippen MR) is 123 cm³/mol. The molecule has 0 unspecified atom stereocenters. The van der Waals surface area contributed by atoms with Gasteiger partial charge in [-0.3, -0.25) is 14.6 Å². The van der Waals surface area contributed by atoms with Crippen molar-refractivity contribution in [1.82, 2.24) is 15.3 Å². The van der Waals surface area contributed by atoms with Crippen LogP contribution in [0.1, 0.15) is 64.6 Å². The summed E-state index contributed by atoms with van der Waals surface area (Å²) in [4.78, 5) is 35.2. The van der Waals surface area contributed by atoms with Gasteiger partial charge in [-0.1, -0.05) is 25.3 Å². The highest BCUT2D eigenvalue weighted by Gasteiger charge is 2.20. The van der Waals surface area contributed by atoms with E-state index in [-0.39, 0.29) is 17.7 Å². The molecule has 0 aromatic carbocycles. The van der Waals surface area contributed by atoms with Gasteiger partial charge in [-0.15, -0.1) is 11.3 Å². The van der Waals surface area contributed by atoms with Crippen LogP contribution in [0.25, 0.3) is 10.6 Å². The molecule has 3 aromatic heterocycles. The Balaban J connectivity index is 1.60. The number of hydrogen-bond donors (Lipinski definition) is 2. The summed E-state index contributed by atoms with van der Waals surface area (Å²) >= 11 is 1.41. The molecule has 1 fully saturated rings. The highest BCUT2D eigenvalue weighted by Crippen LogP contribution is 2.29. The second-order valence-corrected chi connectivity index (χ2v) is 8.92. The van der Waals surface area contributed by atoms with E-state index in [9.17, 15) is 9.59 Å². The van der Waals surface area contributed by atoms with Crippen molar-refractivity contribution in [2.75, 3.05) is 5.32 Å². The number of ketones is 1. The Morgan fingerprint density at radius 1 is 1.10 bits per heavy atom. The Labute approximate surface area is 186 Å². The Hall–Kier alpha value is -3.06. The number of thiophene rings is 1. The maximum atomic E-state index is 13.0. The van der Waals surface area contributed by atoms with E-state index in [4.69, 9.17) is 4.98 Å². The first kappa shape index (κ1) is 21.2. The van der Waals surface area contributed by atoms with E-state index in [1.807, 2.05) is 36.4 Å². The van der Waals surface area contributed by atoms with Crippen LogP contribution in [-0.2, 0) is 6.54 Å². The van der Waals surface area contributed by atoms with Crippen molar-refractivity contribution in [1.29, 1.82) is 0 Å². The Morgan fingerprint density at radius 3 is 2.65 bits per heavy atom. The van der Waals surface area contributed by atoms with Crippen LogP contribution in [0.3, 0.4) is 0 Å². The van der Waals surface area contributed by atoms with E-state index in [2.05, 4.69) is 15.6 Å². The van der Waals surface area contributed by atoms with Gasteiger partial charge in [-0.05, 0) is 55.7 Å². The molecule has 160 valence electrons. The van der Waals surface area contributed by atoms with Gasteiger partial charge in [0.2, 0.25) is 0 Å². The molecule has 1 aliphatic rings. The van der Waals surface area contributed by atoms with Crippen LogP contribution in [0.15, 0.2) is 48.8 Å². The average molecular weight is 435 g/mol. The number of pyridine rings is 2. The summed E-state index contributed by atoms with van der Waals surface area (Å²) in [6, 6.07) is 11.5. The van der Waals surface area contributed by atoms with E-state index in [0.29, 0.717) is 22.8 Å². The van der Waals surface area contributed by atoms with Gasteiger partial charge < -0.3 is 10.6 Å². The Bertz CT molecular complexity index is 1060. The Kier molecular flexibility index (Phi) is 6.72. The van der Waals surface area contributed by atoms with E-state index < -0.39 is 0 Å². The van der Waals surface area contributed by atoms with Gasteiger partial charge >= 0.3 is 0 Å². The number of rotatable bonds is 7. The van der Waals surface area contributed by atoms with Gasteiger partial charge in [0, 0.05) is 25.0 Å². The van der Waals surface area contributed by atoms with Gasteiger partial charge in [-0.2, -0.15) is 0 Å². The van der Waals surface area contributed by atoms with Crippen LogP contribution in [0.4, 0.5) is 5.82 Å². The van der Waals surface area contributed by atoms with Gasteiger partial charge in [0.15, 0.2) is 5.78 Å². The van der Waals surface area contributed by atoms with Crippen LogP contribution in [0.2, 0.25) is 0 Å². The molecule has 31 heavy (non-hydrogen) atoms. The summed E-state index contributed by atoms with van der Waals surface area (Å²) < 4.78 is 0. The molecule has 1 amide bonds. The topological polar surface area (TPSA) is 84.0 Å². The largest absolute Gasteiger partial charge is 0.365 e. The summed E-state index contributed by atoms with van der Waals surface area (Å²) in [7, 11) is 0. The second-order valence-electron chi connectivity index (χ2n) is 7.84. The first-order chi connectivity index (χ1) is 15.1. The number of aromatic nitrogens is 2. The van der Waals surface area contributed by atoms with Crippen molar-refractivity contribution in [3.8, 4) is 10.6 Å². The van der Waals surface area contributed by atoms with Crippen LogP contribution >= 0.6 is 11.3 Å². The SMILES string of the molecule is CC(=O)c1ccc(-c2ccc(C(=O)NC3CCCCC3)c(NCc3cccnc3)n2)s1. The fourth-order valence-electron chi connectivity index (χ4n) is 3.78. The number of hydrogen-bond acceptors (Lipinski definition) is 6. The predicted octanol–water partition coefficient (Wildman–Crippen LogP) is 5.08. The number of carbonyl (C=O) groups is 2. The van der Waals surface area contributed by atoms with Gasteiger partial charge in [0.25, 0.3) is 5.91 Å². The number of amides is 1. The minimum absolute atomic E-state index is 0.0367. The molecular weight excluding hydrogens is 408 g/mol. The Morgan fingerprint density at radius 2 is 1.94 bits per heavy atom. The van der Waals surface area contributed by atoms with E-state index in [1.54, 1.807) is 19.3 Å². The van der Waals surface area contributed by atoms with Crippen molar-refractivity contribution in [2.24, 2.45) is 0 Å². The van der Waals surface area contributed by atoms with Gasteiger partial charge in [0.05, 0.1) is 21.0 Å². The quantitative estimate of drug-likeness (QED) is 0.507. The fraction of sp³-hybridized carbons (Fsp3) is 0.333. The molecule has 3 aromatic rings. The van der Waals surface area contributed by atoms with Crippen LogP contribution < -0.4 is 10.6 Å². The molecule has 0 aliphatic heterocycles. The molecule has 0 bridgehead atoms. The number of anilines is 1. The molecule has 0 atom stereocenters. The molecule has 7 heteroatoms. The molecule has 1 saturated carbocycles. The highest BCUT2D eigenvalue weighted by molar-refractivity contribution is 7.17. The minimum Gasteiger partial charge on any atom is -0.365 e. The standard InChI is InChI=1S/C24H26N4O2S/c1-16(29)21-11-12-22(31-21)20-10-9-19(24(30)27-18-7-3-2-4-8-18)23(28-20)26-15-17-6-5-13-25-14-17/h5-6,9-14,18H,2-4,7-8,15H2,1H3,(H,26,28)(H,27,30). The second kappa shape index (κ2) is 9.83. The van der Waals surface area contributed by atoms with Crippen molar-refractivity contribution in [3.63, 3.8) is 0 Å². The maximum absolute atomic E-state index is 13.0. The average Bonchev–Trinajstić information content (AvgIpc) is 3.30. The smallest absolute Gasteiger partial charge is 0.255 e. The normalized spacial score (nSPS) is 14.2. The van der Waals surface area contributed by atoms with Crippen molar-refractivity contribution in [2.45, 2.75) is 51.6 Å². The van der Waals surface area contributed by atoms with E-state index in [0.717, 1.165) is 41.8 Å². The number of carbonyl (C=O) groups excluding carboxylic acids is 2. The summed E-state index contributed by atoms with van der Waals surface area (Å²) in [5, 5.41) is 6.49. The zero-order valence-corrected chi connectivity index (χ0v) is 18.4. The van der Waals surface area contributed by atoms with E-state index in [1.165, 1.54) is 17.8 Å². The lowest BCUT2D eigenvalue weighted by molar-refractivity contribution is 0.0927. The van der Waals surface area contributed by atoms with Crippen molar-refractivity contribution >= 4 is 28.8 Å². The molecule has 6 nitrogen and oxygen atoms in total. The van der Waals surface area contributed by atoms with Crippen LogP contribution in [0, 0.1) is 0 Å². The summed E-state index contributed by atoms with van der Waals surface area (Å²) in [6.07, 6.45) is 9.13. The van der Waals surface area contributed by atoms with Crippen LogP contribution in [-0.4, -0.2) is 27.7 Å². The monoisotopic (exact) mass is 434 g/mol. The molecule has 1 aliphatic carbocycles. The van der Waals surface area contributed by atoms with Gasteiger partial charge in [-0.25, -0.2) is 4.98 Å². The fourth-order valence-corrected chi connectivity index (χ4v) is 4.65. The van der Waals surface area contributed by atoms with Gasteiger partial charge in [0.1, 0.15) is 5.82 Å². The molecule has 0 saturated heterocycles. The lowest BCUT2D eigenvalue weighted by Gasteiger charge is -2.23. The molecule has 3 heterocycles. The van der Waals surface area contributed by atoms with Crippen molar-refractivity contribution < 1.29 is 9.59 Å². The molecule has 0 radical (unpaired) electrons. The summed E-state index contributed by atoms with van der Waals surface area (Å²) in [5.41, 5.74) is 2.27. The first-order valence-corrected chi connectivity index (χ1v) is 11.5. The lowest BCUT2D eigenvalue weighted by atomic mass is 9.95. The number of nitrogens with zero attached hydrogens (tertiary/aromatic N) is 2. The molecule has 0 spiro atoms. The number of nitrogens with one attached hydrogen (secondary N) is 2. The maximum Gasteiger partial charge on any atom is 0.255 e. The zero-order valence-electron chi connectivity index (χ0n) is 17.6. The molecule has 2 N–H and O–H groups in total. The van der Waals surface area contributed by atoms with E-state index >= 15 is 0 Å². The molecule has 4 rings (SSSR count). The third kappa shape index (κ3) is 5.35. The molecular formula is C24H26N4O2S. The van der Waals surface area contributed by atoms with Crippen LogP contribution in [0.5, 0.6) is 0 Å². The summed E-state index contributed by atoms with van der Waals surface area (Å²) in [6.45, 7) is 2.07. The third-order valence-corrected chi connectivity index (χ3v) is 6.68.